The van der Waals surface area contributed by atoms with Gasteiger partial charge in [-0.25, -0.2) is 14.4 Å². The first-order chi connectivity index (χ1) is 7.26. The third-order valence-electron chi connectivity index (χ3n) is 1.69. The van der Waals surface area contributed by atoms with Crippen LogP contribution < -0.4 is 5.73 Å². The molecule has 4 nitrogen and oxygen atoms in total. The van der Waals surface area contributed by atoms with Crippen molar-refractivity contribution < 1.29 is 9.50 Å². The fraction of sp³-hybridized carbons (Fsp3) is 0.200. The highest BCUT2D eigenvalue weighted by atomic mass is 19.1. The Labute approximate surface area is 87.0 Å². The molecule has 1 heterocycles. The largest absolute Gasteiger partial charge is 0.404 e. The van der Waals surface area contributed by atoms with E-state index in [0.29, 0.717) is 17.8 Å². The van der Waals surface area contributed by atoms with Crippen molar-refractivity contribution in [3.63, 3.8) is 0 Å². The van der Waals surface area contributed by atoms with E-state index in [2.05, 4.69) is 9.98 Å². The number of hydrogen-bond donors (Lipinski definition) is 2. The van der Waals surface area contributed by atoms with Gasteiger partial charge in [0.25, 0.3) is 0 Å². The molecule has 1 aromatic heterocycles. The molecule has 1 aromatic rings. The van der Waals surface area contributed by atoms with E-state index in [-0.39, 0.29) is 6.61 Å². The Morgan fingerprint density at radius 3 is 2.93 bits per heavy atom. The number of aliphatic imine (C=N–C) groups is 1. The quantitative estimate of drug-likeness (QED) is 0.730. The molecule has 0 saturated heterocycles. The van der Waals surface area contributed by atoms with Crippen LogP contribution in [0.15, 0.2) is 35.1 Å². The minimum absolute atomic E-state index is 0.00585. The highest BCUT2D eigenvalue weighted by Gasteiger charge is 1.93. The van der Waals surface area contributed by atoms with Gasteiger partial charge in [-0.15, -0.1) is 0 Å². The van der Waals surface area contributed by atoms with Crippen LogP contribution in [0.2, 0.25) is 0 Å². The Hall–Kier alpha value is -1.75. The first kappa shape index (κ1) is 11.3. The third-order valence-corrected chi connectivity index (χ3v) is 1.69. The summed E-state index contributed by atoms with van der Waals surface area (Å²) in [6, 6.07) is 2.73. The van der Waals surface area contributed by atoms with Crippen molar-refractivity contribution >= 4 is 12.0 Å². The van der Waals surface area contributed by atoms with Crippen LogP contribution in [-0.4, -0.2) is 22.9 Å². The highest BCUT2D eigenvalue weighted by Crippen LogP contribution is 2.07. The lowest BCUT2D eigenvalue weighted by atomic mass is 10.2. The Bertz CT molecular complexity index is 359. The van der Waals surface area contributed by atoms with E-state index in [1.165, 1.54) is 24.5 Å². The average molecular weight is 209 g/mol. The topological polar surface area (TPSA) is 71.5 Å². The van der Waals surface area contributed by atoms with Crippen molar-refractivity contribution in [1.29, 1.82) is 0 Å². The Morgan fingerprint density at radius 2 is 2.40 bits per heavy atom. The van der Waals surface area contributed by atoms with Gasteiger partial charge in [-0.2, -0.15) is 0 Å². The number of aliphatic hydroxyl groups excluding tert-OH is 1. The molecule has 0 amide bonds. The summed E-state index contributed by atoms with van der Waals surface area (Å²) in [6.45, 7) is 0.00585. The number of nitrogens with zero attached hydrogens (tertiary/aromatic N) is 2. The summed E-state index contributed by atoms with van der Waals surface area (Å²) in [5, 5.41) is 8.68. The van der Waals surface area contributed by atoms with Crippen LogP contribution >= 0.6 is 0 Å². The molecule has 80 valence electrons. The lowest BCUT2D eigenvalue weighted by Gasteiger charge is -1.96. The van der Waals surface area contributed by atoms with Gasteiger partial charge >= 0.3 is 0 Å². The second kappa shape index (κ2) is 5.87. The van der Waals surface area contributed by atoms with Gasteiger partial charge in [-0.05, 0) is 30.3 Å². The third kappa shape index (κ3) is 3.86. The summed E-state index contributed by atoms with van der Waals surface area (Å²) < 4.78 is 12.5. The molecular formula is C10H12FN3O. The molecule has 0 spiro atoms. The summed E-state index contributed by atoms with van der Waals surface area (Å²) in [4.78, 5) is 7.72. The standard InChI is InChI=1S/C10H12FN3O/c11-9-1-2-10(14-7-9)13-6-8(5-12)3-4-15/h1-2,5-7,15H,3-4,12H2/b8-5-,13-6?. The molecule has 0 aliphatic heterocycles. The van der Waals surface area contributed by atoms with Gasteiger partial charge in [0.15, 0.2) is 5.82 Å². The first-order valence-electron chi connectivity index (χ1n) is 4.43. The fourth-order valence-corrected chi connectivity index (χ4v) is 0.913. The molecule has 5 heteroatoms. The SMILES string of the molecule is N/C=C(\C=Nc1ccc(F)cn1)CCO. The second-order valence-corrected chi connectivity index (χ2v) is 2.81. The van der Waals surface area contributed by atoms with Crippen molar-refractivity contribution in [2.45, 2.75) is 6.42 Å². The molecule has 0 aliphatic rings. The summed E-state index contributed by atoms with van der Waals surface area (Å²) in [5.74, 6) is -0.00686. The zero-order valence-electron chi connectivity index (χ0n) is 8.10. The van der Waals surface area contributed by atoms with Gasteiger partial charge in [0.2, 0.25) is 0 Å². The molecule has 0 bridgehead atoms. The van der Waals surface area contributed by atoms with Crippen molar-refractivity contribution in [2.75, 3.05) is 6.61 Å². The predicted molar refractivity (Wildman–Crippen MR) is 56.3 cm³/mol. The number of pyridine rings is 1. The summed E-state index contributed by atoms with van der Waals surface area (Å²) >= 11 is 0. The van der Waals surface area contributed by atoms with E-state index in [1.54, 1.807) is 0 Å². The number of rotatable bonds is 4. The van der Waals surface area contributed by atoms with E-state index in [0.717, 1.165) is 6.20 Å². The average Bonchev–Trinajstić information content (AvgIpc) is 2.26. The van der Waals surface area contributed by atoms with Gasteiger partial charge in [-0.3, -0.25) is 0 Å². The minimum atomic E-state index is -0.404. The number of aromatic nitrogens is 1. The van der Waals surface area contributed by atoms with Gasteiger partial charge < -0.3 is 10.8 Å². The summed E-state index contributed by atoms with van der Waals surface area (Å²) in [7, 11) is 0. The lowest BCUT2D eigenvalue weighted by molar-refractivity contribution is 0.301. The van der Waals surface area contributed by atoms with Crippen LogP contribution in [0.4, 0.5) is 10.2 Å². The van der Waals surface area contributed by atoms with Crippen LogP contribution in [0.25, 0.3) is 0 Å². The summed E-state index contributed by atoms with van der Waals surface area (Å²) in [6.07, 6.45) is 4.38. The molecule has 3 N–H and O–H groups in total. The van der Waals surface area contributed by atoms with Gasteiger partial charge in [0.05, 0.1) is 6.20 Å². The van der Waals surface area contributed by atoms with Crippen molar-refractivity contribution in [2.24, 2.45) is 10.7 Å². The van der Waals surface area contributed by atoms with Crippen LogP contribution in [-0.2, 0) is 0 Å². The fourth-order valence-electron chi connectivity index (χ4n) is 0.913. The predicted octanol–water partition coefficient (Wildman–Crippen LogP) is 1.15. The van der Waals surface area contributed by atoms with Crippen LogP contribution in [0.3, 0.4) is 0 Å². The van der Waals surface area contributed by atoms with E-state index in [1.807, 2.05) is 0 Å². The lowest BCUT2D eigenvalue weighted by Crippen LogP contribution is -1.94. The molecular weight excluding hydrogens is 197 g/mol. The van der Waals surface area contributed by atoms with E-state index < -0.39 is 5.82 Å². The maximum absolute atomic E-state index is 12.5. The van der Waals surface area contributed by atoms with E-state index in [9.17, 15) is 4.39 Å². The Balaban J connectivity index is 2.68. The summed E-state index contributed by atoms with van der Waals surface area (Å²) in [5.41, 5.74) is 6.00. The molecule has 0 radical (unpaired) electrons. The highest BCUT2D eigenvalue weighted by molar-refractivity contribution is 5.80. The maximum Gasteiger partial charge on any atom is 0.151 e. The molecule has 0 aromatic carbocycles. The monoisotopic (exact) mass is 209 g/mol. The van der Waals surface area contributed by atoms with Crippen molar-refractivity contribution in [3.8, 4) is 0 Å². The minimum Gasteiger partial charge on any atom is -0.404 e. The number of halogens is 1. The van der Waals surface area contributed by atoms with Crippen molar-refractivity contribution in [3.05, 3.63) is 35.9 Å². The van der Waals surface area contributed by atoms with Gasteiger partial charge in [0.1, 0.15) is 5.82 Å². The number of hydrogen-bond acceptors (Lipinski definition) is 4. The first-order valence-corrected chi connectivity index (χ1v) is 4.43. The van der Waals surface area contributed by atoms with Crippen LogP contribution in [0.5, 0.6) is 0 Å². The maximum atomic E-state index is 12.5. The van der Waals surface area contributed by atoms with Crippen LogP contribution in [0.1, 0.15) is 6.42 Å². The zero-order valence-corrected chi connectivity index (χ0v) is 8.10. The number of aliphatic hydroxyl groups is 1. The smallest absolute Gasteiger partial charge is 0.151 e. The Kier molecular flexibility index (Phi) is 4.43. The molecule has 0 unspecified atom stereocenters. The van der Waals surface area contributed by atoms with E-state index in [4.69, 9.17) is 10.8 Å². The van der Waals surface area contributed by atoms with Crippen LogP contribution in [0, 0.1) is 5.82 Å². The number of nitrogens with two attached hydrogens (primary N) is 1. The zero-order chi connectivity index (χ0) is 11.1. The van der Waals surface area contributed by atoms with Crippen molar-refractivity contribution in [1.82, 2.24) is 4.98 Å². The molecule has 0 atom stereocenters. The molecule has 0 aliphatic carbocycles. The molecule has 1 rings (SSSR count). The normalized spacial score (nSPS) is 12.3. The Morgan fingerprint density at radius 1 is 1.60 bits per heavy atom. The molecule has 15 heavy (non-hydrogen) atoms. The molecule has 0 fully saturated rings. The van der Waals surface area contributed by atoms with Gasteiger partial charge in [0, 0.05) is 12.8 Å². The van der Waals surface area contributed by atoms with E-state index >= 15 is 0 Å². The van der Waals surface area contributed by atoms with Gasteiger partial charge in [-0.1, -0.05) is 0 Å². The second-order valence-electron chi connectivity index (χ2n) is 2.81. The molecule has 0 saturated carbocycles.